The lowest BCUT2D eigenvalue weighted by molar-refractivity contribution is -0.150. The first-order chi connectivity index (χ1) is 7.91. The van der Waals surface area contributed by atoms with Gasteiger partial charge < -0.3 is 15.1 Å². The van der Waals surface area contributed by atoms with Crippen molar-refractivity contribution in [1.29, 1.82) is 0 Å². The smallest absolute Gasteiger partial charge is 0.248 e. The average molecular weight is 241 g/mol. The van der Waals surface area contributed by atoms with Crippen LogP contribution >= 0.6 is 0 Å². The van der Waals surface area contributed by atoms with E-state index in [2.05, 4.69) is 5.32 Å². The maximum Gasteiger partial charge on any atom is 0.248 e. The molecule has 0 aromatic rings. The van der Waals surface area contributed by atoms with Gasteiger partial charge in [0.2, 0.25) is 11.8 Å². The van der Waals surface area contributed by atoms with Crippen LogP contribution in [0.25, 0.3) is 0 Å². The lowest BCUT2D eigenvalue weighted by atomic mass is 10.00. The minimum absolute atomic E-state index is 0.00140. The summed E-state index contributed by atoms with van der Waals surface area (Å²) in [5.74, 6) is 0.0294. The Kier molecular flexibility index (Phi) is 4.51. The molecule has 1 aliphatic heterocycles. The van der Waals surface area contributed by atoms with Crippen LogP contribution in [0.1, 0.15) is 27.2 Å². The van der Waals surface area contributed by atoms with Gasteiger partial charge in [-0.15, -0.1) is 0 Å². The first-order valence-corrected chi connectivity index (χ1v) is 6.18. The second kappa shape index (κ2) is 5.49. The van der Waals surface area contributed by atoms with Gasteiger partial charge in [0.05, 0.1) is 0 Å². The van der Waals surface area contributed by atoms with E-state index in [-0.39, 0.29) is 11.8 Å². The molecule has 0 bridgehead atoms. The molecule has 17 heavy (non-hydrogen) atoms. The van der Waals surface area contributed by atoms with E-state index in [9.17, 15) is 9.59 Å². The summed E-state index contributed by atoms with van der Waals surface area (Å²) in [4.78, 5) is 27.5. The second-order valence-electron chi connectivity index (χ2n) is 4.91. The van der Waals surface area contributed by atoms with Gasteiger partial charge in [0.25, 0.3) is 0 Å². The van der Waals surface area contributed by atoms with Crippen LogP contribution in [-0.2, 0) is 9.59 Å². The van der Waals surface area contributed by atoms with Gasteiger partial charge in [-0.1, -0.05) is 6.92 Å². The minimum atomic E-state index is -0.759. The van der Waals surface area contributed by atoms with Crippen molar-refractivity contribution in [3.63, 3.8) is 0 Å². The summed E-state index contributed by atoms with van der Waals surface area (Å²) >= 11 is 0. The van der Waals surface area contributed by atoms with Crippen LogP contribution in [0.3, 0.4) is 0 Å². The minimum Gasteiger partial charge on any atom is -0.338 e. The third kappa shape index (κ3) is 2.97. The number of hydrogen-bond acceptors (Lipinski definition) is 3. The quantitative estimate of drug-likeness (QED) is 0.760. The Bertz CT molecular complexity index is 296. The highest BCUT2D eigenvalue weighted by molar-refractivity contribution is 5.90. The first-order valence-electron chi connectivity index (χ1n) is 6.18. The molecular formula is C12H23N3O2. The van der Waals surface area contributed by atoms with Crippen molar-refractivity contribution in [2.45, 2.75) is 32.7 Å². The van der Waals surface area contributed by atoms with Gasteiger partial charge in [-0.05, 0) is 13.8 Å². The molecular weight excluding hydrogens is 218 g/mol. The fourth-order valence-corrected chi connectivity index (χ4v) is 1.95. The third-order valence-corrected chi connectivity index (χ3v) is 3.44. The van der Waals surface area contributed by atoms with E-state index in [1.165, 1.54) is 0 Å². The van der Waals surface area contributed by atoms with Crippen LogP contribution in [0.4, 0.5) is 0 Å². The molecule has 0 saturated carbocycles. The van der Waals surface area contributed by atoms with Gasteiger partial charge in [0, 0.05) is 39.6 Å². The highest BCUT2D eigenvalue weighted by Crippen LogP contribution is 2.17. The Morgan fingerprint density at radius 3 is 2.29 bits per heavy atom. The summed E-state index contributed by atoms with van der Waals surface area (Å²) in [6.45, 7) is 8.52. The van der Waals surface area contributed by atoms with Crippen molar-refractivity contribution in [1.82, 2.24) is 15.1 Å². The first kappa shape index (κ1) is 14.0. The number of likely N-dealkylation sites (N-methyl/N-ethyl adjacent to an activating group) is 1. The number of carbonyl (C=O) groups is 2. The molecule has 1 heterocycles. The normalized spacial score (nSPS) is 16.8. The predicted molar refractivity (Wildman–Crippen MR) is 66.6 cm³/mol. The molecule has 0 aromatic heterocycles. The van der Waals surface area contributed by atoms with E-state index in [0.29, 0.717) is 6.42 Å². The lowest BCUT2D eigenvalue weighted by Crippen LogP contribution is -2.59. The van der Waals surface area contributed by atoms with Crippen LogP contribution < -0.4 is 5.32 Å². The highest BCUT2D eigenvalue weighted by atomic mass is 16.2. The largest absolute Gasteiger partial charge is 0.338 e. The Hall–Kier alpha value is -1.10. The molecule has 5 nitrogen and oxygen atoms in total. The average Bonchev–Trinajstić information content (AvgIpc) is 2.36. The Morgan fingerprint density at radius 1 is 1.29 bits per heavy atom. The molecule has 0 aliphatic carbocycles. The number of rotatable bonds is 3. The molecule has 0 aromatic carbocycles. The van der Waals surface area contributed by atoms with E-state index in [0.717, 1.165) is 26.2 Å². The number of amides is 2. The predicted octanol–water partition coefficient (Wildman–Crippen LogP) is 0.0652. The van der Waals surface area contributed by atoms with Crippen molar-refractivity contribution in [3.05, 3.63) is 0 Å². The molecule has 1 saturated heterocycles. The maximum absolute atomic E-state index is 12.4. The number of nitrogens with zero attached hydrogens (tertiary/aromatic N) is 2. The molecule has 2 amide bonds. The summed E-state index contributed by atoms with van der Waals surface area (Å²) in [6.07, 6.45) is 0.425. The van der Waals surface area contributed by atoms with Gasteiger partial charge in [0.15, 0.2) is 0 Å². The maximum atomic E-state index is 12.4. The molecule has 5 heteroatoms. The van der Waals surface area contributed by atoms with Gasteiger partial charge in [-0.3, -0.25) is 9.59 Å². The molecule has 98 valence electrons. The van der Waals surface area contributed by atoms with Crippen molar-refractivity contribution in [2.24, 2.45) is 0 Å². The fraction of sp³-hybridized carbons (Fsp3) is 0.833. The van der Waals surface area contributed by atoms with Gasteiger partial charge >= 0.3 is 0 Å². The van der Waals surface area contributed by atoms with Crippen molar-refractivity contribution in [2.75, 3.05) is 33.2 Å². The van der Waals surface area contributed by atoms with Crippen LogP contribution in [0.5, 0.6) is 0 Å². The number of nitrogens with one attached hydrogen (secondary N) is 1. The SMILES string of the molecule is CCC(=O)N(C)C(C)(C)C(=O)N1CCNCC1. The Balaban J connectivity index is 2.74. The monoisotopic (exact) mass is 241 g/mol. The Labute approximate surface area is 103 Å². The standard InChI is InChI=1S/C12H23N3O2/c1-5-10(16)14(4)12(2,3)11(17)15-8-6-13-7-9-15/h13H,5-9H2,1-4H3. The summed E-state index contributed by atoms with van der Waals surface area (Å²) in [7, 11) is 1.70. The van der Waals surface area contributed by atoms with Gasteiger partial charge in [-0.2, -0.15) is 0 Å². The molecule has 1 aliphatic rings. The van der Waals surface area contributed by atoms with Gasteiger partial charge in [0.1, 0.15) is 5.54 Å². The van der Waals surface area contributed by atoms with Gasteiger partial charge in [-0.25, -0.2) is 0 Å². The van der Waals surface area contributed by atoms with Crippen molar-refractivity contribution in [3.8, 4) is 0 Å². The van der Waals surface area contributed by atoms with Crippen LogP contribution in [0, 0.1) is 0 Å². The molecule has 0 spiro atoms. The number of carbonyl (C=O) groups excluding carboxylic acids is 2. The molecule has 1 rings (SSSR count). The molecule has 1 fully saturated rings. The molecule has 0 unspecified atom stereocenters. The lowest BCUT2D eigenvalue weighted by Gasteiger charge is -2.39. The zero-order valence-corrected chi connectivity index (χ0v) is 11.2. The molecule has 1 N–H and O–H groups in total. The van der Waals surface area contributed by atoms with E-state index >= 15 is 0 Å². The van der Waals surface area contributed by atoms with E-state index in [4.69, 9.17) is 0 Å². The second-order valence-corrected chi connectivity index (χ2v) is 4.91. The molecule has 0 atom stereocenters. The molecule has 0 radical (unpaired) electrons. The summed E-state index contributed by atoms with van der Waals surface area (Å²) in [5, 5.41) is 3.21. The zero-order chi connectivity index (χ0) is 13.1. The Morgan fingerprint density at radius 2 is 1.82 bits per heavy atom. The zero-order valence-electron chi connectivity index (χ0n) is 11.2. The summed E-state index contributed by atoms with van der Waals surface area (Å²) in [6, 6.07) is 0. The highest BCUT2D eigenvalue weighted by Gasteiger charge is 2.37. The van der Waals surface area contributed by atoms with Crippen LogP contribution in [0.15, 0.2) is 0 Å². The fourth-order valence-electron chi connectivity index (χ4n) is 1.95. The van der Waals surface area contributed by atoms with E-state index in [1.807, 2.05) is 25.7 Å². The van der Waals surface area contributed by atoms with E-state index < -0.39 is 5.54 Å². The number of hydrogen-bond donors (Lipinski definition) is 1. The van der Waals surface area contributed by atoms with Crippen LogP contribution in [0.2, 0.25) is 0 Å². The third-order valence-electron chi connectivity index (χ3n) is 3.44. The van der Waals surface area contributed by atoms with Crippen molar-refractivity contribution >= 4 is 11.8 Å². The van der Waals surface area contributed by atoms with Crippen molar-refractivity contribution < 1.29 is 9.59 Å². The van der Waals surface area contributed by atoms with E-state index in [1.54, 1.807) is 11.9 Å². The topological polar surface area (TPSA) is 52.7 Å². The number of piperazine rings is 1. The summed E-state index contributed by atoms with van der Waals surface area (Å²) in [5.41, 5.74) is -0.759. The summed E-state index contributed by atoms with van der Waals surface area (Å²) < 4.78 is 0. The van der Waals surface area contributed by atoms with Crippen LogP contribution in [-0.4, -0.2) is 60.4 Å².